The first-order chi connectivity index (χ1) is 17.6. The van der Waals surface area contributed by atoms with Gasteiger partial charge < -0.3 is 10.1 Å². The van der Waals surface area contributed by atoms with Crippen LogP contribution in [0.15, 0.2) is 48.5 Å². The summed E-state index contributed by atoms with van der Waals surface area (Å²) in [7, 11) is 1.56. The van der Waals surface area contributed by atoms with E-state index in [0.717, 1.165) is 16.8 Å². The van der Waals surface area contributed by atoms with E-state index in [0.29, 0.717) is 29.7 Å². The fourth-order valence-electron chi connectivity index (χ4n) is 4.26. The average molecular weight is 545 g/mol. The standard InChI is InChI=1S/C27H30ClFN4O3S/c1-27(2,3)25-23-24(17-9-11-18(29)12-10-17)37-16-22(35)32(15-21(34)30-13-14-36-4)26(23)33(31-25)20-8-6-5-7-19(20)28/h5-12,24H,13-16H2,1-4H3,(H,30,34)/t24-/m0/s1. The highest BCUT2D eigenvalue weighted by Gasteiger charge is 2.40. The molecule has 2 heterocycles. The lowest BCUT2D eigenvalue weighted by atomic mass is 9.87. The highest BCUT2D eigenvalue weighted by atomic mass is 35.5. The zero-order valence-electron chi connectivity index (χ0n) is 21.3. The van der Waals surface area contributed by atoms with Crippen molar-refractivity contribution < 1.29 is 18.7 Å². The molecule has 2 aromatic carbocycles. The van der Waals surface area contributed by atoms with Gasteiger partial charge in [-0.25, -0.2) is 9.07 Å². The first-order valence-corrected chi connectivity index (χ1v) is 13.4. The number of fused-ring (bicyclic) bond motifs is 1. The molecule has 0 unspecified atom stereocenters. The van der Waals surface area contributed by atoms with Gasteiger partial charge >= 0.3 is 0 Å². The van der Waals surface area contributed by atoms with Crippen molar-refractivity contribution in [2.45, 2.75) is 31.4 Å². The summed E-state index contributed by atoms with van der Waals surface area (Å²) in [5, 5.41) is 7.94. The summed E-state index contributed by atoms with van der Waals surface area (Å²) in [5.74, 6) is -0.258. The SMILES string of the molecule is COCCNC(=O)CN1C(=O)CS[C@@H](c2ccc(F)cc2)c2c(C(C)(C)C)nn(-c3ccccc3Cl)c21. The Bertz CT molecular complexity index is 1290. The molecule has 196 valence electrons. The van der Waals surface area contributed by atoms with Crippen molar-refractivity contribution in [3.8, 4) is 5.69 Å². The van der Waals surface area contributed by atoms with Crippen molar-refractivity contribution in [2.75, 3.05) is 37.5 Å². The number of rotatable bonds is 7. The molecule has 2 amide bonds. The van der Waals surface area contributed by atoms with Gasteiger partial charge in [-0.05, 0) is 29.8 Å². The molecular weight excluding hydrogens is 515 g/mol. The van der Waals surface area contributed by atoms with E-state index in [1.54, 1.807) is 30.0 Å². The van der Waals surface area contributed by atoms with Crippen molar-refractivity contribution in [2.24, 2.45) is 0 Å². The number of nitrogens with zero attached hydrogens (tertiary/aromatic N) is 3. The van der Waals surface area contributed by atoms with Crippen molar-refractivity contribution in [1.29, 1.82) is 0 Å². The maximum Gasteiger partial charge on any atom is 0.240 e. The van der Waals surface area contributed by atoms with Crippen LogP contribution in [0.1, 0.15) is 42.8 Å². The Labute approximate surface area is 225 Å². The third-order valence-electron chi connectivity index (χ3n) is 5.98. The molecule has 3 aromatic rings. The number of aromatic nitrogens is 2. The van der Waals surface area contributed by atoms with E-state index in [1.165, 1.54) is 28.8 Å². The fraction of sp³-hybridized carbons (Fsp3) is 0.370. The first-order valence-electron chi connectivity index (χ1n) is 11.9. The van der Waals surface area contributed by atoms with Gasteiger partial charge in [0, 0.05) is 24.6 Å². The molecule has 0 radical (unpaired) electrons. The first kappa shape index (κ1) is 27.2. The van der Waals surface area contributed by atoms with Crippen molar-refractivity contribution >= 4 is 41.0 Å². The van der Waals surface area contributed by atoms with Gasteiger partial charge in [0.1, 0.15) is 18.2 Å². The Morgan fingerprint density at radius 3 is 2.57 bits per heavy atom. The van der Waals surface area contributed by atoms with Crippen LogP contribution in [0.4, 0.5) is 10.2 Å². The van der Waals surface area contributed by atoms with Crippen LogP contribution in [0.3, 0.4) is 0 Å². The summed E-state index contributed by atoms with van der Waals surface area (Å²) in [5.41, 5.74) is 2.60. The van der Waals surface area contributed by atoms with Crippen LogP contribution in [0.5, 0.6) is 0 Å². The highest BCUT2D eigenvalue weighted by Crippen LogP contribution is 2.48. The zero-order chi connectivity index (χ0) is 26.7. The number of carbonyl (C=O) groups is 2. The molecule has 1 atom stereocenters. The van der Waals surface area contributed by atoms with E-state index in [9.17, 15) is 14.0 Å². The van der Waals surface area contributed by atoms with Crippen molar-refractivity contribution in [1.82, 2.24) is 15.1 Å². The van der Waals surface area contributed by atoms with Gasteiger partial charge in [0.2, 0.25) is 11.8 Å². The molecule has 1 aliphatic rings. The molecule has 1 N–H and O–H groups in total. The smallest absolute Gasteiger partial charge is 0.240 e. The zero-order valence-corrected chi connectivity index (χ0v) is 22.8. The Hall–Kier alpha value is -2.88. The van der Waals surface area contributed by atoms with Crippen LogP contribution in [0.2, 0.25) is 5.02 Å². The van der Waals surface area contributed by atoms with Crippen molar-refractivity contribution in [3.63, 3.8) is 0 Å². The number of amides is 2. The normalized spacial score (nSPS) is 15.9. The molecule has 4 rings (SSSR count). The number of methoxy groups -OCH3 is 1. The number of thioether (sulfide) groups is 1. The third kappa shape index (κ3) is 5.84. The summed E-state index contributed by atoms with van der Waals surface area (Å²) in [6, 6.07) is 13.5. The van der Waals surface area contributed by atoms with E-state index in [-0.39, 0.29) is 35.2 Å². The minimum Gasteiger partial charge on any atom is -0.383 e. The minimum absolute atomic E-state index is 0.133. The Morgan fingerprint density at radius 2 is 1.92 bits per heavy atom. The lowest BCUT2D eigenvalue weighted by molar-refractivity contribution is -0.123. The monoisotopic (exact) mass is 544 g/mol. The number of halogens is 2. The number of ether oxygens (including phenoxy) is 1. The van der Waals surface area contributed by atoms with Gasteiger partial charge in [-0.3, -0.25) is 14.5 Å². The van der Waals surface area contributed by atoms with E-state index >= 15 is 0 Å². The summed E-state index contributed by atoms with van der Waals surface area (Å²) >= 11 is 8.04. The van der Waals surface area contributed by atoms with Gasteiger partial charge in [-0.15, -0.1) is 11.8 Å². The summed E-state index contributed by atoms with van der Waals surface area (Å²) in [4.78, 5) is 27.9. The number of nitrogens with one attached hydrogen (secondary N) is 1. The molecule has 0 saturated heterocycles. The van der Waals surface area contributed by atoms with Crippen LogP contribution in [0.25, 0.3) is 5.69 Å². The average Bonchev–Trinajstić information content (AvgIpc) is 3.18. The van der Waals surface area contributed by atoms with Crippen LogP contribution in [-0.4, -0.2) is 54.2 Å². The molecule has 0 saturated carbocycles. The maximum absolute atomic E-state index is 13.8. The highest BCUT2D eigenvalue weighted by molar-refractivity contribution is 8.00. The summed E-state index contributed by atoms with van der Waals surface area (Å²) < 4.78 is 20.5. The topological polar surface area (TPSA) is 76.5 Å². The molecule has 0 spiro atoms. The van der Waals surface area contributed by atoms with Crippen LogP contribution in [0, 0.1) is 5.82 Å². The Balaban J connectivity index is 1.96. The summed E-state index contributed by atoms with van der Waals surface area (Å²) in [6.07, 6.45) is 0. The Kier molecular flexibility index (Phi) is 8.26. The molecule has 0 bridgehead atoms. The van der Waals surface area contributed by atoms with Gasteiger partial charge in [0.25, 0.3) is 0 Å². The molecule has 1 aromatic heterocycles. The van der Waals surface area contributed by atoms with E-state index in [2.05, 4.69) is 5.32 Å². The van der Waals surface area contributed by atoms with E-state index < -0.39 is 5.41 Å². The molecule has 0 aliphatic carbocycles. The van der Waals surface area contributed by atoms with Gasteiger partial charge in [-0.2, -0.15) is 5.10 Å². The van der Waals surface area contributed by atoms with Gasteiger partial charge in [0.05, 0.1) is 34.0 Å². The lowest BCUT2D eigenvalue weighted by Crippen LogP contribution is -2.43. The molecule has 0 fully saturated rings. The Morgan fingerprint density at radius 1 is 1.22 bits per heavy atom. The molecular formula is C27H30ClFN4O3S. The minimum atomic E-state index is -0.408. The molecule has 1 aliphatic heterocycles. The molecule has 7 nitrogen and oxygen atoms in total. The third-order valence-corrected chi connectivity index (χ3v) is 7.56. The second-order valence-corrected chi connectivity index (χ2v) is 11.3. The molecule has 10 heteroatoms. The van der Waals surface area contributed by atoms with Gasteiger partial charge in [-0.1, -0.05) is 56.6 Å². The number of hydrogen-bond acceptors (Lipinski definition) is 5. The second-order valence-electron chi connectivity index (χ2n) is 9.76. The van der Waals surface area contributed by atoms with Crippen LogP contribution >= 0.6 is 23.4 Å². The number of hydrogen-bond donors (Lipinski definition) is 1. The number of benzene rings is 2. The fourth-order valence-corrected chi connectivity index (χ4v) is 5.67. The second kappa shape index (κ2) is 11.2. The number of carbonyl (C=O) groups excluding carboxylic acids is 2. The predicted molar refractivity (Wildman–Crippen MR) is 145 cm³/mol. The van der Waals surface area contributed by atoms with Crippen LogP contribution in [-0.2, 0) is 19.7 Å². The van der Waals surface area contributed by atoms with Crippen LogP contribution < -0.4 is 10.2 Å². The maximum atomic E-state index is 13.8. The molecule has 37 heavy (non-hydrogen) atoms. The number of anilines is 1. The van der Waals surface area contributed by atoms with E-state index in [4.69, 9.17) is 21.4 Å². The van der Waals surface area contributed by atoms with Gasteiger partial charge in [0.15, 0.2) is 0 Å². The van der Waals surface area contributed by atoms with Crippen molar-refractivity contribution in [3.05, 3.63) is 76.2 Å². The lowest BCUT2D eigenvalue weighted by Gasteiger charge is -2.24. The quantitative estimate of drug-likeness (QED) is 0.428. The number of para-hydroxylation sites is 1. The predicted octanol–water partition coefficient (Wildman–Crippen LogP) is 4.89. The largest absolute Gasteiger partial charge is 0.383 e. The summed E-state index contributed by atoms with van der Waals surface area (Å²) in [6.45, 7) is 6.65. The van der Waals surface area contributed by atoms with E-state index in [1.807, 2.05) is 39.0 Å².